The number of aliphatic hydroxyl groups excluding tert-OH is 1. The van der Waals surface area contributed by atoms with Crippen molar-refractivity contribution in [3.63, 3.8) is 0 Å². The molecule has 0 heterocycles. The van der Waals surface area contributed by atoms with E-state index in [4.69, 9.17) is 10.8 Å². The standard InChI is InChI=1S/C10H22N2O2/c1-3-8(5-6-13)7-12-9(4-2)10(11)14/h8-9,12-13H,3-7H2,1-2H3,(H2,11,14). The molecule has 0 radical (unpaired) electrons. The van der Waals surface area contributed by atoms with Crippen LogP contribution in [0.2, 0.25) is 0 Å². The minimum atomic E-state index is -0.300. The molecule has 0 saturated heterocycles. The predicted molar refractivity (Wildman–Crippen MR) is 56.8 cm³/mol. The highest BCUT2D eigenvalue weighted by atomic mass is 16.3. The van der Waals surface area contributed by atoms with Gasteiger partial charge in [-0.15, -0.1) is 0 Å². The van der Waals surface area contributed by atoms with Crippen LogP contribution in [0, 0.1) is 5.92 Å². The minimum Gasteiger partial charge on any atom is -0.396 e. The number of hydrogen-bond donors (Lipinski definition) is 3. The molecule has 14 heavy (non-hydrogen) atoms. The molecule has 0 aromatic heterocycles. The SMILES string of the molecule is CCC(CCO)CNC(CC)C(N)=O. The lowest BCUT2D eigenvalue weighted by atomic mass is 10.0. The third kappa shape index (κ3) is 5.19. The largest absolute Gasteiger partial charge is 0.396 e. The van der Waals surface area contributed by atoms with Crippen molar-refractivity contribution in [2.75, 3.05) is 13.2 Å². The number of amides is 1. The van der Waals surface area contributed by atoms with Crippen molar-refractivity contribution in [2.45, 2.75) is 39.2 Å². The molecule has 0 bridgehead atoms. The van der Waals surface area contributed by atoms with E-state index in [0.717, 1.165) is 19.4 Å². The first kappa shape index (κ1) is 13.4. The van der Waals surface area contributed by atoms with Gasteiger partial charge in [0.2, 0.25) is 5.91 Å². The van der Waals surface area contributed by atoms with Crippen LogP contribution in [0.1, 0.15) is 33.1 Å². The summed E-state index contributed by atoms with van der Waals surface area (Å²) < 4.78 is 0. The van der Waals surface area contributed by atoms with Crippen LogP contribution in [0.5, 0.6) is 0 Å². The maximum atomic E-state index is 10.9. The fourth-order valence-corrected chi connectivity index (χ4v) is 1.39. The van der Waals surface area contributed by atoms with Gasteiger partial charge in [-0.25, -0.2) is 0 Å². The van der Waals surface area contributed by atoms with Gasteiger partial charge in [0.1, 0.15) is 0 Å². The maximum Gasteiger partial charge on any atom is 0.234 e. The first-order valence-electron chi connectivity index (χ1n) is 5.29. The highest BCUT2D eigenvalue weighted by Crippen LogP contribution is 2.06. The molecule has 0 aliphatic rings. The van der Waals surface area contributed by atoms with E-state index in [0.29, 0.717) is 12.3 Å². The zero-order valence-corrected chi connectivity index (χ0v) is 9.12. The second-order valence-corrected chi connectivity index (χ2v) is 3.56. The number of aliphatic hydroxyl groups is 1. The third-order valence-electron chi connectivity index (χ3n) is 2.52. The monoisotopic (exact) mass is 202 g/mol. The maximum absolute atomic E-state index is 10.9. The van der Waals surface area contributed by atoms with Gasteiger partial charge in [-0.3, -0.25) is 4.79 Å². The summed E-state index contributed by atoms with van der Waals surface area (Å²) in [6.07, 6.45) is 2.49. The number of carbonyl (C=O) groups is 1. The van der Waals surface area contributed by atoms with Gasteiger partial charge < -0.3 is 16.2 Å². The van der Waals surface area contributed by atoms with Crippen molar-refractivity contribution >= 4 is 5.91 Å². The molecule has 0 aliphatic carbocycles. The molecule has 0 aromatic rings. The Morgan fingerprint density at radius 1 is 1.43 bits per heavy atom. The number of rotatable bonds is 8. The molecule has 0 aromatic carbocycles. The van der Waals surface area contributed by atoms with Crippen LogP contribution in [0.3, 0.4) is 0 Å². The molecule has 0 spiro atoms. The van der Waals surface area contributed by atoms with Crippen LogP contribution >= 0.6 is 0 Å². The van der Waals surface area contributed by atoms with Gasteiger partial charge in [0.25, 0.3) is 0 Å². The Morgan fingerprint density at radius 3 is 2.43 bits per heavy atom. The lowest BCUT2D eigenvalue weighted by Gasteiger charge is -2.18. The van der Waals surface area contributed by atoms with Crippen molar-refractivity contribution in [2.24, 2.45) is 11.7 Å². The van der Waals surface area contributed by atoms with E-state index in [2.05, 4.69) is 12.2 Å². The van der Waals surface area contributed by atoms with Gasteiger partial charge in [0.05, 0.1) is 6.04 Å². The molecule has 0 saturated carbocycles. The summed E-state index contributed by atoms with van der Waals surface area (Å²) in [5.74, 6) is 0.125. The summed E-state index contributed by atoms with van der Waals surface area (Å²) in [6.45, 7) is 4.95. The lowest BCUT2D eigenvalue weighted by molar-refractivity contribution is -0.120. The van der Waals surface area contributed by atoms with Crippen molar-refractivity contribution in [3.8, 4) is 0 Å². The van der Waals surface area contributed by atoms with Crippen LogP contribution in [0.15, 0.2) is 0 Å². The van der Waals surface area contributed by atoms with Crippen LogP contribution < -0.4 is 11.1 Å². The first-order valence-corrected chi connectivity index (χ1v) is 5.29. The molecule has 4 N–H and O–H groups in total. The van der Waals surface area contributed by atoms with E-state index in [-0.39, 0.29) is 18.6 Å². The van der Waals surface area contributed by atoms with E-state index in [1.165, 1.54) is 0 Å². The van der Waals surface area contributed by atoms with Crippen molar-refractivity contribution < 1.29 is 9.90 Å². The normalized spacial score (nSPS) is 15.1. The molecule has 4 heteroatoms. The fraction of sp³-hybridized carbons (Fsp3) is 0.900. The summed E-state index contributed by atoms with van der Waals surface area (Å²) in [5.41, 5.74) is 5.20. The van der Waals surface area contributed by atoms with Crippen LogP contribution in [-0.4, -0.2) is 30.2 Å². The van der Waals surface area contributed by atoms with Crippen LogP contribution in [0.25, 0.3) is 0 Å². The zero-order valence-electron chi connectivity index (χ0n) is 9.12. The number of carbonyl (C=O) groups excluding carboxylic acids is 1. The Hall–Kier alpha value is -0.610. The number of nitrogens with one attached hydrogen (secondary N) is 1. The molecule has 4 nitrogen and oxygen atoms in total. The highest BCUT2D eigenvalue weighted by molar-refractivity contribution is 5.79. The summed E-state index contributed by atoms with van der Waals surface area (Å²) in [4.78, 5) is 10.9. The first-order chi connectivity index (χ1) is 6.65. The molecule has 2 unspecified atom stereocenters. The van der Waals surface area contributed by atoms with E-state index in [1.807, 2.05) is 6.92 Å². The second kappa shape index (κ2) is 7.76. The topological polar surface area (TPSA) is 75.3 Å². The average Bonchev–Trinajstić information content (AvgIpc) is 2.16. The minimum absolute atomic E-state index is 0.202. The molecular weight excluding hydrogens is 180 g/mol. The van der Waals surface area contributed by atoms with E-state index in [9.17, 15) is 4.79 Å². The Balaban J connectivity index is 3.81. The van der Waals surface area contributed by atoms with Crippen molar-refractivity contribution in [1.82, 2.24) is 5.32 Å². The highest BCUT2D eigenvalue weighted by Gasteiger charge is 2.13. The van der Waals surface area contributed by atoms with E-state index >= 15 is 0 Å². The number of hydrogen-bond acceptors (Lipinski definition) is 3. The molecule has 0 aliphatic heterocycles. The fourth-order valence-electron chi connectivity index (χ4n) is 1.39. The Labute approximate surface area is 85.9 Å². The van der Waals surface area contributed by atoms with E-state index in [1.54, 1.807) is 0 Å². The Bertz CT molecular complexity index is 162. The zero-order chi connectivity index (χ0) is 11.0. The number of nitrogens with two attached hydrogens (primary N) is 1. The molecular formula is C10H22N2O2. The van der Waals surface area contributed by atoms with Crippen molar-refractivity contribution in [3.05, 3.63) is 0 Å². The van der Waals surface area contributed by atoms with Crippen LogP contribution in [0.4, 0.5) is 0 Å². The third-order valence-corrected chi connectivity index (χ3v) is 2.52. The quantitative estimate of drug-likeness (QED) is 0.528. The molecule has 84 valence electrons. The molecule has 2 atom stereocenters. The summed E-state index contributed by atoms with van der Waals surface area (Å²) in [5, 5.41) is 11.9. The average molecular weight is 202 g/mol. The summed E-state index contributed by atoms with van der Waals surface area (Å²) >= 11 is 0. The van der Waals surface area contributed by atoms with Gasteiger partial charge in [-0.2, -0.15) is 0 Å². The van der Waals surface area contributed by atoms with Gasteiger partial charge in [-0.1, -0.05) is 20.3 Å². The van der Waals surface area contributed by atoms with Gasteiger partial charge in [0.15, 0.2) is 0 Å². The smallest absolute Gasteiger partial charge is 0.234 e. The lowest BCUT2D eigenvalue weighted by Crippen LogP contribution is -2.42. The Kier molecular flexibility index (Phi) is 7.42. The summed E-state index contributed by atoms with van der Waals surface area (Å²) in [6, 6.07) is -0.234. The predicted octanol–water partition coefficient (Wildman–Crippen LogP) is 0.248. The van der Waals surface area contributed by atoms with E-state index < -0.39 is 0 Å². The van der Waals surface area contributed by atoms with Crippen molar-refractivity contribution in [1.29, 1.82) is 0 Å². The second-order valence-electron chi connectivity index (χ2n) is 3.56. The molecule has 0 rings (SSSR count). The Morgan fingerprint density at radius 2 is 2.07 bits per heavy atom. The van der Waals surface area contributed by atoms with Gasteiger partial charge >= 0.3 is 0 Å². The van der Waals surface area contributed by atoms with Gasteiger partial charge in [-0.05, 0) is 25.3 Å². The van der Waals surface area contributed by atoms with Gasteiger partial charge in [0, 0.05) is 6.61 Å². The number of primary amides is 1. The summed E-state index contributed by atoms with van der Waals surface area (Å²) in [7, 11) is 0. The van der Waals surface area contributed by atoms with Crippen LogP contribution in [-0.2, 0) is 4.79 Å². The molecule has 0 fully saturated rings. The molecule has 1 amide bonds.